The lowest BCUT2D eigenvalue weighted by atomic mass is 9.49. The summed E-state index contributed by atoms with van der Waals surface area (Å²) in [5, 5.41) is 2.75. The summed E-state index contributed by atoms with van der Waals surface area (Å²) in [5.41, 5.74) is 0.851. The van der Waals surface area contributed by atoms with Crippen LogP contribution in [0.4, 0.5) is 5.69 Å². The zero-order valence-corrected chi connectivity index (χ0v) is 15.9. The average Bonchev–Trinajstić information content (AvgIpc) is 2.51. The molecule has 1 amide bonds. The van der Waals surface area contributed by atoms with Gasteiger partial charge in [-0.2, -0.15) is 0 Å². The van der Waals surface area contributed by atoms with E-state index >= 15 is 0 Å². The average molecular weight is 406 g/mol. The van der Waals surface area contributed by atoms with Crippen molar-refractivity contribution >= 4 is 33.5 Å². The van der Waals surface area contributed by atoms with Gasteiger partial charge in [-0.3, -0.25) is 9.59 Å². The van der Waals surface area contributed by atoms with Crippen molar-refractivity contribution in [3.8, 4) is 0 Å². The Balaban J connectivity index is 1.27. The Morgan fingerprint density at radius 2 is 1.76 bits per heavy atom. The lowest BCUT2D eigenvalue weighted by Gasteiger charge is -2.56. The number of hydrogen-bond donors (Lipinski definition) is 1. The maximum atomic E-state index is 12.3. The number of halogens is 1. The second-order valence-electron chi connectivity index (χ2n) is 8.31. The molecule has 5 rings (SSSR count). The Labute approximate surface area is 156 Å². The molecule has 0 radical (unpaired) electrons. The first-order valence-electron chi connectivity index (χ1n) is 9.21. The van der Waals surface area contributed by atoms with E-state index in [0.29, 0.717) is 12.1 Å². The lowest BCUT2D eigenvalue weighted by molar-refractivity contribution is -0.154. The van der Waals surface area contributed by atoms with Crippen LogP contribution in [0.1, 0.15) is 44.9 Å². The van der Waals surface area contributed by atoms with Crippen LogP contribution in [0.15, 0.2) is 28.7 Å². The molecule has 1 N–H and O–H groups in total. The fourth-order valence-electron chi connectivity index (χ4n) is 5.77. The summed E-state index contributed by atoms with van der Waals surface area (Å²) in [7, 11) is 0. The van der Waals surface area contributed by atoms with Crippen molar-refractivity contribution in [2.45, 2.75) is 44.9 Å². The number of benzene rings is 1. The summed E-state index contributed by atoms with van der Waals surface area (Å²) in [6.45, 7) is -0.211. The number of carbonyl (C=O) groups excluding carboxylic acids is 2. The zero-order valence-electron chi connectivity index (χ0n) is 14.3. The van der Waals surface area contributed by atoms with Crippen LogP contribution in [0.5, 0.6) is 0 Å². The van der Waals surface area contributed by atoms with Gasteiger partial charge in [0.2, 0.25) is 0 Å². The maximum absolute atomic E-state index is 12.3. The first-order chi connectivity index (χ1) is 12.0. The molecule has 4 aliphatic rings. The largest absolute Gasteiger partial charge is 0.456 e. The number of amides is 1. The van der Waals surface area contributed by atoms with E-state index in [1.165, 1.54) is 38.5 Å². The van der Waals surface area contributed by atoms with Crippen LogP contribution in [0.3, 0.4) is 0 Å². The van der Waals surface area contributed by atoms with Crippen LogP contribution >= 0.6 is 15.9 Å². The first-order valence-corrected chi connectivity index (χ1v) is 10.00. The first kappa shape index (κ1) is 17.1. The van der Waals surface area contributed by atoms with Gasteiger partial charge in [-0.25, -0.2) is 0 Å². The highest BCUT2D eigenvalue weighted by Gasteiger charge is 2.51. The number of hydrogen-bond acceptors (Lipinski definition) is 3. The van der Waals surface area contributed by atoms with Gasteiger partial charge < -0.3 is 10.1 Å². The zero-order chi connectivity index (χ0) is 17.4. The second kappa shape index (κ2) is 6.75. The lowest BCUT2D eigenvalue weighted by Crippen LogP contribution is -2.47. The Bertz CT molecular complexity index is 652. The fourth-order valence-corrected chi connectivity index (χ4v) is 6.17. The minimum absolute atomic E-state index is 0.159. The van der Waals surface area contributed by atoms with Gasteiger partial charge in [0.1, 0.15) is 0 Å². The Hall–Kier alpha value is -1.36. The van der Waals surface area contributed by atoms with Crippen molar-refractivity contribution in [3.05, 3.63) is 28.7 Å². The Kier molecular flexibility index (Phi) is 4.61. The summed E-state index contributed by atoms with van der Waals surface area (Å²) in [5.74, 6) is 1.94. The van der Waals surface area contributed by atoms with E-state index < -0.39 is 0 Å². The third-order valence-electron chi connectivity index (χ3n) is 6.16. The van der Waals surface area contributed by atoms with E-state index in [2.05, 4.69) is 21.2 Å². The van der Waals surface area contributed by atoms with Crippen molar-refractivity contribution in [2.75, 3.05) is 11.9 Å². The van der Waals surface area contributed by atoms with E-state index in [9.17, 15) is 9.59 Å². The number of esters is 1. The summed E-state index contributed by atoms with van der Waals surface area (Å²) >= 11 is 3.37. The molecule has 0 unspecified atom stereocenters. The second-order valence-corrected chi connectivity index (χ2v) is 9.23. The van der Waals surface area contributed by atoms with Crippen LogP contribution in [0.25, 0.3) is 0 Å². The van der Waals surface area contributed by atoms with Gasteiger partial charge in [0.25, 0.3) is 5.91 Å². The molecule has 4 saturated carbocycles. The van der Waals surface area contributed by atoms with Crippen molar-refractivity contribution in [1.29, 1.82) is 0 Å². The highest BCUT2D eigenvalue weighted by Crippen LogP contribution is 2.61. The van der Waals surface area contributed by atoms with Crippen LogP contribution in [-0.4, -0.2) is 18.5 Å². The van der Waals surface area contributed by atoms with Crippen molar-refractivity contribution < 1.29 is 14.3 Å². The summed E-state index contributed by atoms with van der Waals surface area (Å²) in [4.78, 5) is 24.3. The van der Waals surface area contributed by atoms with Gasteiger partial charge in [0, 0.05) is 10.2 Å². The topological polar surface area (TPSA) is 55.4 Å². The third kappa shape index (κ3) is 3.91. The molecule has 1 aromatic carbocycles. The molecule has 0 spiro atoms. The summed E-state index contributed by atoms with van der Waals surface area (Å²) < 4.78 is 6.18. The summed E-state index contributed by atoms with van der Waals surface area (Å²) in [6.07, 6.45) is 8.12. The molecule has 0 saturated heterocycles. The van der Waals surface area contributed by atoms with Gasteiger partial charge >= 0.3 is 5.97 Å². The van der Waals surface area contributed by atoms with Gasteiger partial charge in [0.05, 0.1) is 6.42 Å². The predicted molar refractivity (Wildman–Crippen MR) is 99.0 cm³/mol. The van der Waals surface area contributed by atoms with Crippen molar-refractivity contribution in [1.82, 2.24) is 0 Å². The molecule has 0 atom stereocenters. The molecule has 0 aliphatic heterocycles. The Morgan fingerprint density at radius 3 is 2.36 bits per heavy atom. The van der Waals surface area contributed by atoms with Gasteiger partial charge in [-0.1, -0.05) is 22.0 Å². The van der Waals surface area contributed by atoms with Crippen LogP contribution in [0, 0.1) is 23.2 Å². The molecule has 5 heteroatoms. The fraction of sp³-hybridized carbons (Fsp3) is 0.600. The van der Waals surface area contributed by atoms with E-state index in [4.69, 9.17) is 4.74 Å². The molecule has 4 fully saturated rings. The standard InChI is InChI=1S/C20H24BrNO3/c21-16-2-1-3-17(7-16)22-18(23)12-25-19(24)11-20-8-13-4-14(9-20)6-15(5-13)10-20/h1-3,7,13-15H,4-6,8-12H2,(H,22,23). The molecule has 1 aromatic rings. The molecule has 134 valence electrons. The van der Waals surface area contributed by atoms with E-state index in [1.807, 2.05) is 18.2 Å². The molecule has 0 aromatic heterocycles. The quantitative estimate of drug-likeness (QED) is 0.731. The molecular formula is C20H24BrNO3. The highest BCUT2D eigenvalue weighted by atomic mass is 79.9. The van der Waals surface area contributed by atoms with Crippen molar-refractivity contribution in [3.63, 3.8) is 0 Å². The molecule has 25 heavy (non-hydrogen) atoms. The summed E-state index contributed by atoms with van der Waals surface area (Å²) in [6, 6.07) is 7.36. The monoisotopic (exact) mass is 405 g/mol. The predicted octanol–water partition coefficient (Wildman–Crippen LogP) is 4.54. The van der Waals surface area contributed by atoms with E-state index in [1.54, 1.807) is 6.07 Å². The highest BCUT2D eigenvalue weighted by molar-refractivity contribution is 9.10. The van der Waals surface area contributed by atoms with Crippen LogP contribution < -0.4 is 5.32 Å². The van der Waals surface area contributed by atoms with Gasteiger partial charge in [-0.15, -0.1) is 0 Å². The number of rotatable bonds is 5. The molecule has 0 heterocycles. The van der Waals surface area contributed by atoms with Gasteiger partial charge in [0.15, 0.2) is 6.61 Å². The van der Waals surface area contributed by atoms with E-state index in [-0.39, 0.29) is 23.9 Å². The van der Waals surface area contributed by atoms with Gasteiger partial charge in [-0.05, 0) is 79.9 Å². The molecule has 4 bridgehead atoms. The maximum Gasteiger partial charge on any atom is 0.306 e. The van der Waals surface area contributed by atoms with Crippen LogP contribution in [0.2, 0.25) is 0 Å². The number of carbonyl (C=O) groups is 2. The van der Waals surface area contributed by atoms with Crippen molar-refractivity contribution in [2.24, 2.45) is 23.2 Å². The number of anilines is 1. The third-order valence-corrected chi connectivity index (χ3v) is 6.65. The minimum Gasteiger partial charge on any atom is -0.456 e. The molecular weight excluding hydrogens is 382 g/mol. The SMILES string of the molecule is O=C(COC(=O)CC12CC3CC(CC(C3)C1)C2)Nc1cccc(Br)c1. The smallest absolute Gasteiger partial charge is 0.306 e. The van der Waals surface area contributed by atoms with E-state index in [0.717, 1.165) is 22.2 Å². The molecule has 4 aliphatic carbocycles. The minimum atomic E-state index is -0.294. The number of ether oxygens (including phenoxy) is 1. The normalized spacial score (nSPS) is 32.4. The Morgan fingerprint density at radius 1 is 1.12 bits per heavy atom. The van der Waals surface area contributed by atoms with Crippen LogP contribution in [-0.2, 0) is 14.3 Å². The number of nitrogens with one attached hydrogen (secondary N) is 1. The molecule has 4 nitrogen and oxygen atoms in total.